The van der Waals surface area contributed by atoms with Gasteiger partial charge in [0, 0.05) is 20.1 Å². The molecule has 1 saturated heterocycles. The van der Waals surface area contributed by atoms with Gasteiger partial charge in [0.1, 0.15) is 5.76 Å². The molecule has 7 nitrogen and oxygen atoms in total. The van der Waals surface area contributed by atoms with Crippen LogP contribution < -0.4 is 16.4 Å². The quantitative estimate of drug-likeness (QED) is 0.302. The van der Waals surface area contributed by atoms with Crippen LogP contribution in [-0.2, 0) is 19.6 Å². The summed E-state index contributed by atoms with van der Waals surface area (Å²) in [6.45, 7) is 4.55. The van der Waals surface area contributed by atoms with Crippen LogP contribution in [0.5, 0.6) is 0 Å². The molecule has 1 aliphatic heterocycles. The van der Waals surface area contributed by atoms with Crippen molar-refractivity contribution in [2.24, 2.45) is 10.7 Å². The number of hydrogen-bond acceptors (Lipinski definition) is 4. The van der Waals surface area contributed by atoms with Gasteiger partial charge in [0.2, 0.25) is 0 Å². The van der Waals surface area contributed by atoms with Crippen molar-refractivity contribution in [3.05, 3.63) is 59.0 Å². The lowest BCUT2D eigenvalue weighted by molar-refractivity contribution is 0.0972. The van der Waals surface area contributed by atoms with Crippen molar-refractivity contribution in [2.45, 2.75) is 38.9 Å². The lowest BCUT2D eigenvalue weighted by Gasteiger charge is -2.26. The summed E-state index contributed by atoms with van der Waals surface area (Å²) in [5.41, 5.74) is 7.74. The first-order valence-corrected chi connectivity index (χ1v) is 9.77. The van der Waals surface area contributed by atoms with E-state index in [-0.39, 0.29) is 29.7 Å². The Labute approximate surface area is 189 Å². The van der Waals surface area contributed by atoms with Crippen LogP contribution in [0.15, 0.2) is 45.8 Å². The van der Waals surface area contributed by atoms with Crippen LogP contribution in [0.3, 0.4) is 0 Å². The molecule has 2 heterocycles. The van der Waals surface area contributed by atoms with Gasteiger partial charge >= 0.3 is 0 Å². The second-order valence-corrected chi connectivity index (χ2v) is 7.06. The molecule has 8 heteroatoms. The molecule has 158 valence electrons. The largest absolute Gasteiger partial charge is 0.454 e. The third-order valence-electron chi connectivity index (χ3n) is 4.90. The third kappa shape index (κ3) is 7.36. The molecule has 29 heavy (non-hydrogen) atoms. The van der Waals surface area contributed by atoms with Crippen molar-refractivity contribution in [1.82, 2.24) is 15.5 Å². The van der Waals surface area contributed by atoms with Crippen molar-refractivity contribution in [2.75, 3.05) is 20.1 Å². The number of likely N-dealkylation sites (tertiary alicyclic amines) is 1. The van der Waals surface area contributed by atoms with Crippen LogP contribution >= 0.6 is 24.0 Å². The number of nitrogens with two attached hydrogens (primary N) is 1. The molecule has 1 aromatic carbocycles. The molecular formula is C21H30IN5O2. The number of nitrogens with zero attached hydrogens (tertiary/aromatic N) is 2. The Morgan fingerprint density at radius 2 is 1.69 bits per heavy atom. The van der Waals surface area contributed by atoms with Gasteiger partial charge in [0.25, 0.3) is 5.91 Å². The number of hydrogen-bond donors (Lipinski definition) is 3. The predicted molar refractivity (Wildman–Crippen MR) is 125 cm³/mol. The normalized spacial score (nSPS) is 14.9. The van der Waals surface area contributed by atoms with Gasteiger partial charge in [0.05, 0.1) is 6.54 Å². The smallest absolute Gasteiger partial charge is 0.284 e. The van der Waals surface area contributed by atoms with Crippen molar-refractivity contribution in [3.63, 3.8) is 0 Å². The highest BCUT2D eigenvalue weighted by Gasteiger charge is 2.10. The van der Waals surface area contributed by atoms with Gasteiger partial charge < -0.3 is 20.8 Å². The molecule has 4 N–H and O–H groups in total. The molecule has 2 aromatic rings. The van der Waals surface area contributed by atoms with Gasteiger partial charge in [-0.2, -0.15) is 0 Å². The fraction of sp³-hybridized carbons (Fsp3) is 0.429. The average Bonchev–Trinajstić information content (AvgIpc) is 3.19. The van der Waals surface area contributed by atoms with Gasteiger partial charge in [-0.25, -0.2) is 0 Å². The number of rotatable bonds is 7. The van der Waals surface area contributed by atoms with Crippen LogP contribution in [-0.4, -0.2) is 36.9 Å². The highest BCUT2D eigenvalue weighted by Crippen LogP contribution is 2.13. The lowest BCUT2D eigenvalue weighted by atomic mass is 10.1. The minimum atomic E-state index is -0.572. The highest BCUT2D eigenvalue weighted by molar-refractivity contribution is 14.0. The van der Waals surface area contributed by atoms with E-state index in [1.54, 1.807) is 19.2 Å². The zero-order valence-corrected chi connectivity index (χ0v) is 19.1. The topological polar surface area (TPSA) is 95.9 Å². The average molecular weight is 511 g/mol. The van der Waals surface area contributed by atoms with E-state index >= 15 is 0 Å². The van der Waals surface area contributed by atoms with E-state index in [9.17, 15) is 4.79 Å². The first-order chi connectivity index (χ1) is 13.6. The lowest BCUT2D eigenvalue weighted by Crippen LogP contribution is -2.36. The number of amides is 1. The van der Waals surface area contributed by atoms with Crippen LogP contribution in [0.2, 0.25) is 0 Å². The van der Waals surface area contributed by atoms with Gasteiger partial charge in [0.15, 0.2) is 11.7 Å². The summed E-state index contributed by atoms with van der Waals surface area (Å²) < 4.78 is 5.35. The number of piperidine rings is 1. The SMILES string of the molecule is CN=C(NCc1ccc(CN2CCCCC2)cc1)NCc1ccc(C(N)=O)o1.I. The van der Waals surface area contributed by atoms with Gasteiger partial charge in [-0.05, 0) is 49.2 Å². The Balaban J connectivity index is 0.00000300. The number of primary amides is 1. The van der Waals surface area contributed by atoms with Crippen molar-refractivity contribution >= 4 is 35.8 Å². The summed E-state index contributed by atoms with van der Waals surface area (Å²) in [6.07, 6.45) is 3.99. The fourth-order valence-electron chi connectivity index (χ4n) is 3.32. The molecule has 0 spiro atoms. The minimum Gasteiger partial charge on any atom is -0.454 e. The Morgan fingerprint density at radius 1 is 1.03 bits per heavy atom. The zero-order chi connectivity index (χ0) is 19.8. The first-order valence-electron chi connectivity index (χ1n) is 9.77. The molecule has 0 saturated carbocycles. The number of benzene rings is 1. The Morgan fingerprint density at radius 3 is 2.31 bits per heavy atom. The molecule has 0 atom stereocenters. The maximum atomic E-state index is 11.1. The number of carbonyl (C=O) groups excluding carboxylic acids is 1. The second-order valence-electron chi connectivity index (χ2n) is 7.06. The number of carbonyl (C=O) groups is 1. The summed E-state index contributed by atoms with van der Waals surface area (Å²) in [5.74, 6) is 0.870. The van der Waals surface area contributed by atoms with Gasteiger partial charge in [-0.3, -0.25) is 14.7 Å². The Kier molecular flexibility index (Phi) is 9.46. The van der Waals surface area contributed by atoms with Crippen LogP contribution in [0.4, 0.5) is 0 Å². The number of halogens is 1. The maximum absolute atomic E-state index is 11.1. The van der Waals surface area contributed by atoms with Crippen LogP contribution in [0.1, 0.15) is 46.7 Å². The molecule has 1 aromatic heterocycles. The summed E-state index contributed by atoms with van der Waals surface area (Å²) in [7, 11) is 1.72. The first kappa shape index (κ1) is 23.2. The molecule has 0 radical (unpaired) electrons. The summed E-state index contributed by atoms with van der Waals surface area (Å²) in [5, 5.41) is 6.44. The monoisotopic (exact) mass is 511 g/mol. The number of furan rings is 1. The van der Waals surface area contributed by atoms with Crippen LogP contribution in [0, 0.1) is 0 Å². The van der Waals surface area contributed by atoms with Crippen molar-refractivity contribution in [1.29, 1.82) is 0 Å². The molecular weight excluding hydrogens is 481 g/mol. The number of guanidine groups is 1. The third-order valence-corrected chi connectivity index (χ3v) is 4.90. The fourth-order valence-corrected chi connectivity index (χ4v) is 3.32. The zero-order valence-electron chi connectivity index (χ0n) is 16.8. The molecule has 0 bridgehead atoms. The number of aliphatic imine (C=N–C) groups is 1. The standard InChI is InChI=1S/C21H29N5O2.HI/c1-23-21(25-14-18-9-10-19(28-18)20(22)27)24-13-16-5-7-17(8-6-16)15-26-11-3-2-4-12-26;/h5-10H,2-4,11-15H2,1H3,(H2,22,27)(H2,23,24,25);1H. The second kappa shape index (κ2) is 11.8. The van der Waals surface area contributed by atoms with E-state index in [0.29, 0.717) is 24.8 Å². The van der Waals surface area contributed by atoms with E-state index in [0.717, 1.165) is 6.54 Å². The predicted octanol–water partition coefficient (Wildman–Crippen LogP) is 2.85. The Bertz CT molecular complexity index is 798. The van der Waals surface area contributed by atoms with Crippen molar-refractivity contribution in [3.8, 4) is 0 Å². The molecule has 0 aliphatic carbocycles. The summed E-state index contributed by atoms with van der Waals surface area (Å²) in [6, 6.07) is 12.0. The minimum absolute atomic E-state index is 0. The molecule has 1 aliphatic rings. The van der Waals surface area contributed by atoms with Crippen LogP contribution in [0.25, 0.3) is 0 Å². The number of nitrogens with one attached hydrogen (secondary N) is 2. The van der Waals surface area contributed by atoms with Gasteiger partial charge in [-0.15, -0.1) is 24.0 Å². The molecule has 0 unspecified atom stereocenters. The van der Waals surface area contributed by atoms with Crippen molar-refractivity contribution < 1.29 is 9.21 Å². The van der Waals surface area contributed by atoms with E-state index in [4.69, 9.17) is 10.2 Å². The summed E-state index contributed by atoms with van der Waals surface area (Å²) in [4.78, 5) is 17.8. The van der Waals surface area contributed by atoms with E-state index in [2.05, 4.69) is 44.8 Å². The Hall–Kier alpha value is -2.07. The maximum Gasteiger partial charge on any atom is 0.284 e. The van der Waals surface area contributed by atoms with E-state index in [1.807, 2.05) is 0 Å². The van der Waals surface area contributed by atoms with E-state index < -0.39 is 5.91 Å². The molecule has 3 rings (SSSR count). The highest BCUT2D eigenvalue weighted by atomic mass is 127. The summed E-state index contributed by atoms with van der Waals surface area (Å²) >= 11 is 0. The van der Waals surface area contributed by atoms with Gasteiger partial charge in [-0.1, -0.05) is 30.7 Å². The molecule has 1 fully saturated rings. The molecule has 1 amide bonds. The van der Waals surface area contributed by atoms with E-state index in [1.165, 1.54) is 43.5 Å².